The Morgan fingerprint density at radius 3 is 2.38 bits per heavy atom. The van der Waals surface area contributed by atoms with Crippen molar-refractivity contribution in [3.8, 4) is 0 Å². The van der Waals surface area contributed by atoms with Gasteiger partial charge >= 0.3 is 0 Å². The minimum atomic E-state index is 0.814. The molecule has 0 heterocycles. The third-order valence-electron chi connectivity index (χ3n) is 3.29. The third-order valence-corrected chi connectivity index (χ3v) is 3.29. The second-order valence-corrected chi connectivity index (χ2v) is 4.00. The van der Waals surface area contributed by atoms with Gasteiger partial charge in [-0.2, -0.15) is 0 Å². The second-order valence-electron chi connectivity index (χ2n) is 4.00. The van der Waals surface area contributed by atoms with Gasteiger partial charge in [-0.1, -0.05) is 32.4 Å². The van der Waals surface area contributed by atoms with Crippen molar-refractivity contribution in [3.05, 3.63) is 22.8 Å². The molecule has 0 aromatic heterocycles. The molecule has 0 nitrogen and oxygen atoms in total. The monoisotopic (exact) mass is 178 g/mol. The number of allylic oxidation sites excluding steroid dienone is 4. The molecular formula is C13H22. The van der Waals surface area contributed by atoms with Gasteiger partial charge in [0.05, 0.1) is 0 Å². The fourth-order valence-electron chi connectivity index (χ4n) is 2.22. The second kappa shape index (κ2) is 4.64. The first-order valence-electron chi connectivity index (χ1n) is 5.62. The molecule has 74 valence electrons. The van der Waals surface area contributed by atoms with Gasteiger partial charge in [0.1, 0.15) is 0 Å². The molecule has 0 spiro atoms. The third kappa shape index (κ3) is 2.24. The summed E-state index contributed by atoms with van der Waals surface area (Å²) in [5, 5.41) is 0. The molecule has 0 aliphatic heterocycles. The quantitative estimate of drug-likeness (QED) is 0.597. The normalized spacial score (nSPS) is 23.4. The lowest BCUT2D eigenvalue weighted by Gasteiger charge is -2.24. The van der Waals surface area contributed by atoms with Crippen molar-refractivity contribution in [2.75, 3.05) is 0 Å². The van der Waals surface area contributed by atoms with Gasteiger partial charge in [-0.3, -0.25) is 0 Å². The largest absolute Gasteiger partial charge is 0.0776 e. The van der Waals surface area contributed by atoms with Crippen molar-refractivity contribution in [3.63, 3.8) is 0 Å². The summed E-state index contributed by atoms with van der Waals surface area (Å²) in [5.74, 6) is 0.814. The minimum Gasteiger partial charge on any atom is -0.0776 e. The molecule has 1 aliphatic rings. The van der Waals surface area contributed by atoms with E-state index in [1.54, 1.807) is 16.7 Å². The Kier molecular flexibility index (Phi) is 3.77. The molecule has 0 fully saturated rings. The SMILES string of the molecule is CCC1=CC(CC)CC(CC)=C1C. The standard InChI is InChI=1S/C13H22/c1-5-11-8-12(6-2)10(4)13(7-3)9-11/h8,11H,5-7,9H2,1-4H3. The Morgan fingerprint density at radius 1 is 1.23 bits per heavy atom. The van der Waals surface area contributed by atoms with E-state index in [4.69, 9.17) is 0 Å². The highest BCUT2D eigenvalue weighted by Crippen LogP contribution is 2.33. The van der Waals surface area contributed by atoms with E-state index in [1.165, 1.54) is 25.7 Å². The van der Waals surface area contributed by atoms with Crippen LogP contribution in [0.2, 0.25) is 0 Å². The first-order valence-corrected chi connectivity index (χ1v) is 5.62. The molecule has 0 saturated carbocycles. The van der Waals surface area contributed by atoms with E-state index >= 15 is 0 Å². The summed E-state index contributed by atoms with van der Waals surface area (Å²) in [6.45, 7) is 9.13. The lowest BCUT2D eigenvalue weighted by Crippen LogP contribution is -2.07. The predicted molar refractivity (Wildman–Crippen MR) is 59.8 cm³/mol. The van der Waals surface area contributed by atoms with Gasteiger partial charge in [-0.15, -0.1) is 0 Å². The summed E-state index contributed by atoms with van der Waals surface area (Å²) >= 11 is 0. The van der Waals surface area contributed by atoms with Crippen LogP contribution in [-0.2, 0) is 0 Å². The summed E-state index contributed by atoms with van der Waals surface area (Å²) in [6.07, 6.45) is 7.53. The van der Waals surface area contributed by atoms with Crippen molar-refractivity contribution >= 4 is 0 Å². The van der Waals surface area contributed by atoms with Crippen LogP contribution in [0.25, 0.3) is 0 Å². The molecule has 0 aromatic carbocycles. The Labute approximate surface area is 82.7 Å². The van der Waals surface area contributed by atoms with Crippen LogP contribution in [0, 0.1) is 5.92 Å². The molecule has 0 saturated heterocycles. The van der Waals surface area contributed by atoms with Crippen molar-refractivity contribution in [1.82, 2.24) is 0 Å². The van der Waals surface area contributed by atoms with Crippen LogP contribution in [0.1, 0.15) is 53.4 Å². The first kappa shape index (κ1) is 10.6. The predicted octanol–water partition coefficient (Wildman–Crippen LogP) is 4.48. The van der Waals surface area contributed by atoms with Gasteiger partial charge in [0.25, 0.3) is 0 Å². The van der Waals surface area contributed by atoms with Crippen LogP contribution in [0.3, 0.4) is 0 Å². The first-order chi connectivity index (χ1) is 6.22. The molecular weight excluding hydrogens is 156 g/mol. The molecule has 1 atom stereocenters. The maximum Gasteiger partial charge on any atom is -0.0193 e. The lowest BCUT2D eigenvalue weighted by molar-refractivity contribution is 0.590. The smallest absolute Gasteiger partial charge is 0.0193 e. The zero-order chi connectivity index (χ0) is 9.84. The molecule has 0 bridgehead atoms. The highest BCUT2D eigenvalue weighted by molar-refractivity contribution is 5.37. The zero-order valence-electron chi connectivity index (χ0n) is 9.48. The molecule has 1 aliphatic carbocycles. The van der Waals surface area contributed by atoms with Crippen molar-refractivity contribution < 1.29 is 0 Å². The van der Waals surface area contributed by atoms with Crippen LogP contribution < -0.4 is 0 Å². The van der Waals surface area contributed by atoms with E-state index < -0.39 is 0 Å². The maximum atomic E-state index is 2.49. The van der Waals surface area contributed by atoms with Crippen LogP contribution in [0.5, 0.6) is 0 Å². The number of rotatable bonds is 3. The maximum absolute atomic E-state index is 2.49. The molecule has 0 amide bonds. The Morgan fingerprint density at radius 2 is 1.92 bits per heavy atom. The van der Waals surface area contributed by atoms with Gasteiger partial charge in [0, 0.05) is 0 Å². The van der Waals surface area contributed by atoms with Crippen molar-refractivity contribution in [2.45, 2.75) is 53.4 Å². The molecule has 0 radical (unpaired) electrons. The molecule has 0 N–H and O–H groups in total. The van der Waals surface area contributed by atoms with Gasteiger partial charge < -0.3 is 0 Å². The van der Waals surface area contributed by atoms with E-state index in [2.05, 4.69) is 33.8 Å². The molecule has 1 rings (SSSR count). The zero-order valence-corrected chi connectivity index (χ0v) is 9.48. The van der Waals surface area contributed by atoms with Crippen LogP contribution >= 0.6 is 0 Å². The van der Waals surface area contributed by atoms with Crippen molar-refractivity contribution in [1.29, 1.82) is 0 Å². The number of hydrogen-bond acceptors (Lipinski definition) is 0. The summed E-state index contributed by atoms with van der Waals surface area (Å²) < 4.78 is 0. The lowest BCUT2D eigenvalue weighted by atomic mass is 9.82. The van der Waals surface area contributed by atoms with Gasteiger partial charge in [0.2, 0.25) is 0 Å². The van der Waals surface area contributed by atoms with Gasteiger partial charge in [0.15, 0.2) is 0 Å². The molecule has 0 aromatic rings. The van der Waals surface area contributed by atoms with Gasteiger partial charge in [-0.05, 0) is 49.7 Å². The van der Waals surface area contributed by atoms with E-state index in [0.29, 0.717) is 0 Å². The summed E-state index contributed by atoms with van der Waals surface area (Å²) in [6, 6.07) is 0. The van der Waals surface area contributed by atoms with E-state index in [-0.39, 0.29) is 0 Å². The average molecular weight is 178 g/mol. The van der Waals surface area contributed by atoms with Crippen LogP contribution in [-0.4, -0.2) is 0 Å². The Hall–Kier alpha value is -0.520. The summed E-state index contributed by atoms with van der Waals surface area (Å²) in [4.78, 5) is 0. The van der Waals surface area contributed by atoms with Crippen LogP contribution in [0.4, 0.5) is 0 Å². The fraction of sp³-hybridized carbons (Fsp3) is 0.692. The van der Waals surface area contributed by atoms with E-state index in [0.717, 1.165) is 5.92 Å². The number of hydrogen-bond donors (Lipinski definition) is 0. The molecule has 13 heavy (non-hydrogen) atoms. The summed E-state index contributed by atoms with van der Waals surface area (Å²) in [7, 11) is 0. The Bertz CT molecular complexity index is 230. The minimum absolute atomic E-state index is 0.814. The van der Waals surface area contributed by atoms with Crippen molar-refractivity contribution in [2.24, 2.45) is 5.92 Å². The molecule has 1 unspecified atom stereocenters. The van der Waals surface area contributed by atoms with Crippen LogP contribution in [0.15, 0.2) is 22.8 Å². The summed E-state index contributed by atoms with van der Waals surface area (Å²) in [5.41, 5.74) is 4.86. The molecule has 0 heteroatoms. The van der Waals surface area contributed by atoms with E-state index in [9.17, 15) is 0 Å². The highest BCUT2D eigenvalue weighted by Gasteiger charge is 2.15. The van der Waals surface area contributed by atoms with E-state index in [1.807, 2.05) is 0 Å². The fourth-order valence-corrected chi connectivity index (χ4v) is 2.22. The van der Waals surface area contributed by atoms with Gasteiger partial charge in [-0.25, -0.2) is 0 Å². The topological polar surface area (TPSA) is 0 Å². The average Bonchev–Trinajstić information content (AvgIpc) is 2.18. The Balaban J connectivity index is 2.89. The highest BCUT2D eigenvalue weighted by atomic mass is 14.2.